The molecule has 1 aromatic heterocycles. The lowest BCUT2D eigenvalue weighted by Gasteiger charge is -2.17. The fourth-order valence-corrected chi connectivity index (χ4v) is 3.64. The van der Waals surface area contributed by atoms with Crippen molar-refractivity contribution in [1.29, 1.82) is 0 Å². The highest BCUT2D eigenvalue weighted by molar-refractivity contribution is 7.14. The summed E-state index contributed by atoms with van der Waals surface area (Å²) in [6.07, 6.45) is 1.01. The molecule has 0 bridgehead atoms. The van der Waals surface area contributed by atoms with Gasteiger partial charge in [0.05, 0.1) is 18.5 Å². The first-order valence-corrected chi connectivity index (χ1v) is 9.00. The van der Waals surface area contributed by atoms with Gasteiger partial charge in [0.15, 0.2) is 5.13 Å². The van der Waals surface area contributed by atoms with Crippen molar-refractivity contribution in [2.24, 2.45) is 0 Å². The van der Waals surface area contributed by atoms with E-state index in [1.54, 1.807) is 13.2 Å². The lowest BCUT2D eigenvalue weighted by molar-refractivity contribution is -0.116. The number of halogens is 1. The number of nitrogens with zero attached hydrogens (tertiary/aromatic N) is 1. The molecule has 4 rings (SSSR count). The van der Waals surface area contributed by atoms with Gasteiger partial charge in [-0.25, -0.2) is 9.37 Å². The zero-order valence-electron chi connectivity index (χ0n) is 14.0. The number of hydrogen-bond acceptors (Lipinski definition) is 5. The number of nitrogens with one attached hydrogen (secondary N) is 2. The second-order valence-corrected chi connectivity index (χ2v) is 6.76. The van der Waals surface area contributed by atoms with Crippen LogP contribution in [0.15, 0.2) is 41.8 Å². The molecule has 0 saturated carbocycles. The molecule has 1 amide bonds. The van der Waals surface area contributed by atoms with Crippen molar-refractivity contribution in [2.75, 3.05) is 17.7 Å². The second-order valence-electron chi connectivity index (χ2n) is 5.90. The fraction of sp³-hybridized carbons (Fsp3) is 0.158. The van der Waals surface area contributed by atoms with E-state index in [0.29, 0.717) is 40.7 Å². The summed E-state index contributed by atoms with van der Waals surface area (Å²) in [5, 5.41) is 8.37. The summed E-state index contributed by atoms with van der Waals surface area (Å²) in [6, 6.07) is 10.7. The van der Waals surface area contributed by atoms with Crippen LogP contribution in [0.25, 0.3) is 11.3 Å². The number of carbonyl (C=O) groups excluding carboxylic acids is 1. The minimum absolute atomic E-state index is 0.0818. The van der Waals surface area contributed by atoms with Crippen molar-refractivity contribution in [3.05, 3.63) is 53.2 Å². The highest BCUT2D eigenvalue weighted by Crippen LogP contribution is 2.35. The van der Waals surface area contributed by atoms with Gasteiger partial charge in [-0.15, -0.1) is 11.3 Å². The van der Waals surface area contributed by atoms with Crippen molar-refractivity contribution in [2.45, 2.75) is 12.8 Å². The highest BCUT2D eigenvalue weighted by atomic mass is 32.1. The van der Waals surface area contributed by atoms with Crippen molar-refractivity contribution in [3.8, 4) is 17.0 Å². The molecule has 0 radical (unpaired) electrons. The number of aromatic nitrogens is 1. The first kappa shape index (κ1) is 16.5. The Kier molecular flexibility index (Phi) is 4.30. The Morgan fingerprint density at radius 3 is 2.96 bits per heavy atom. The predicted molar refractivity (Wildman–Crippen MR) is 101 cm³/mol. The minimum atomic E-state index is -0.403. The standard InChI is InChI=1S/C19H16FN3O2S/c1-25-17-5-3-2-4-14(17)22-19-23-16(10-26-19)12-8-11-6-7-18(24)21-15(11)9-13(12)20/h2-5,8-10H,6-7H2,1H3,(H,21,24)(H,22,23). The van der Waals surface area contributed by atoms with Crippen molar-refractivity contribution in [1.82, 2.24) is 4.98 Å². The average molecular weight is 369 g/mol. The zero-order valence-corrected chi connectivity index (χ0v) is 14.8. The maximum absolute atomic E-state index is 14.5. The maximum atomic E-state index is 14.5. The van der Waals surface area contributed by atoms with Gasteiger partial charge in [-0.2, -0.15) is 0 Å². The average Bonchev–Trinajstić information content (AvgIpc) is 3.09. The Morgan fingerprint density at radius 2 is 2.12 bits per heavy atom. The van der Waals surface area contributed by atoms with Crippen molar-refractivity contribution >= 4 is 33.8 Å². The number of benzene rings is 2. The van der Waals surface area contributed by atoms with Gasteiger partial charge in [0.2, 0.25) is 5.91 Å². The summed E-state index contributed by atoms with van der Waals surface area (Å²) in [4.78, 5) is 16.0. The van der Waals surface area contributed by atoms with Crippen LogP contribution < -0.4 is 15.4 Å². The molecule has 2 heterocycles. The van der Waals surface area contributed by atoms with E-state index in [9.17, 15) is 9.18 Å². The van der Waals surface area contributed by atoms with Crippen LogP contribution in [-0.4, -0.2) is 18.0 Å². The van der Waals surface area contributed by atoms with Crippen molar-refractivity contribution < 1.29 is 13.9 Å². The smallest absolute Gasteiger partial charge is 0.224 e. The van der Waals surface area contributed by atoms with Crippen LogP contribution in [0.4, 0.5) is 20.9 Å². The third kappa shape index (κ3) is 3.13. The molecule has 2 N–H and O–H groups in total. The number of carbonyl (C=O) groups is 1. The molecule has 1 aliphatic rings. The van der Waals surface area contributed by atoms with Gasteiger partial charge in [0.1, 0.15) is 11.6 Å². The van der Waals surface area contributed by atoms with Gasteiger partial charge in [0.25, 0.3) is 0 Å². The molecule has 26 heavy (non-hydrogen) atoms. The SMILES string of the molecule is COc1ccccc1Nc1nc(-c2cc3c(cc2F)NC(=O)CC3)cs1. The fourth-order valence-electron chi connectivity index (χ4n) is 2.92. The van der Waals surface area contributed by atoms with Gasteiger partial charge in [-0.3, -0.25) is 4.79 Å². The number of ether oxygens (including phenoxy) is 1. The number of thiazole rings is 1. The van der Waals surface area contributed by atoms with Crippen LogP contribution in [0.2, 0.25) is 0 Å². The molecule has 0 unspecified atom stereocenters. The topological polar surface area (TPSA) is 63.2 Å². The monoisotopic (exact) mass is 369 g/mol. The summed E-state index contributed by atoms with van der Waals surface area (Å²) in [6.45, 7) is 0. The van der Waals surface area contributed by atoms with E-state index in [2.05, 4.69) is 15.6 Å². The lowest BCUT2D eigenvalue weighted by atomic mass is 9.99. The van der Waals surface area contributed by atoms with Gasteiger partial charge in [-0.1, -0.05) is 12.1 Å². The molecule has 0 aliphatic carbocycles. The molecule has 5 nitrogen and oxygen atoms in total. The number of rotatable bonds is 4. The van der Waals surface area contributed by atoms with E-state index in [1.807, 2.05) is 29.6 Å². The first-order chi connectivity index (χ1) is 12.6. The summed E-state index contributed by atoms with van der Waals surface area (Å²) in [5.74, 6) is 0.224. The van der Waals surface area contributed by atoms with E-state index in [4.69, 9.17) is 4.74 Å². The number of hydrogen-bond donors (Lipinski definition) is 2. The molecule has 132 valence electrons. The van der Waals surface area contributed by atoms with Crippen LogP contribution in [0.1, 0.15) is 12.0 Å². The van der Waals surface area contributed by atoms with E-state index in [-0.39, 0.29) is 5.91 Å². The van der Waals surface area contributed by atoms with Gasteiger partial charge < -0.3 is 15.4 Å². The van der Waals surface area contributed by atoms with Crippen LogP contribution in [0, 0.1) is 5.82 Å². The quantitative estimate of drug-likeness (QED) is 0.706. The summed E-state index contributed by atoms with van der Waals surface area (Å²) >= 11 is 1.39. The lowest BCUT2D eigenvalue weighted by Crippen LogP contribution is -2.19. The van der Waals surface area contributed by atoms with Crippen LogP contribution in [-0.2, 0) is 11.2 Å². The third-order valence-corrected chi connectivity index (χ3v) is 4.97. The largest absolute Gasteiger partial charge is 0.495 e. The Balaban J connectivity index is 1.63. The first-order valence-electron chi connectivity index (χ1n) is 8.12. The normalized spacial score (nSPS) is 13.1. The second kappa shape index (κ2) is 6.76. The molecule has 0 atom stereocenters. The van der Waals surface area contributed by atoms with Crippen LogP contribution in [0.5, 0.6) is 5.75 Å². The number of anilines is 3. The maximum Gasteiger partial charge on any atom is 0.224 e. The highest BCUT2D eigenvalue weighted by Gasteiger charge is 2.19. The molecule has 1 aliphatic heterocycles. The van der Waals surface area contributed by atoms with Crippen molar-refractivity contribution in [3.63, 3.8) is 0 Å². The van der Waals surface area contributed by atoms with E-state index >= 15 is 0 Å². The number of methoxy groups -OCH3 is 1. The zero-order chi connectivity index (χ0) is 18.1. The number of amides is 1. The molecule has 3 aromatic rings. The summed E-state index contributed by atoms with van der Waals surface area (Å²) in [7, 11) is 1.61. The number of aryl methyl sites for hydroxylation is 1. The Hall–Kier alpha value is -2.93. The van der Waals surface area contributed by atoms with Crippen LogP contribution in [0.3, 0.4) is 0 Å². The van der Waals surface area contributed by atoms with E-state index in [1.165, 1.54) is 17.4 Å². The van der Waals surface area contributed by atoms with Gasteiger partial charge >= 0.3 is 0 Å². The Bertz CT molecular complexity index is 987. The summed E-state index contributed by atoms with van der Waals surface area (Å²) in [5.41, 5.74) is 3.26. The molecule has 0 spiro atoms. The molecular weight excluding hydrogens is 353 g/mol. The Morgan fingerprint density at radius 1 is 1.27 bits per heavy atom. The van der Waals surface area contributed by atoms with Gasteiger partial charge in [0, 0.05) is 23.1 Å². The molecular formula is C19H16FN3O2S. The van der Waals surface area contributed by atoms with Gasteiger partial charge in [-0.05, 0) is 36.2 Å². The van der Waals surface area contributed by atoms with E-state index in [0.717, 1.165) is 11.3 Å². The summed E-state index contributed by atoms with van der Waals surface area (Å²) < 4.78 is 19.8. The molecule has 0 saturated heterocycles. The minimum Gasteiger partial charge on any atom is -0.495 e. The Labute approximate surface area is 153 Å². The molecule has 0 fully saturated rings. The third-order valence-electron chi connectivity index (χ3n) is 4.22. The van der Waals surface area contributed by atoms with Crippen LogP contribution >= 0.6 is 11.3 Å². The van der Waals surface area contributed by atoms with E-state index < -0.39 is 5.82 Å². The number of fused-ring (bicyclic) bond motifs is 1. The molecule has 7 heteroatoms. The predicted octanol–water partition coefficient (Wildman–Crippen LogP) is 4.59. The molecule has 2 aromatic carbocycles. The number of para-hydroxylation sites is 2.